The molecule has 17 heavy (non-hydrogen) atoms. The number of nitrogen functional groups attached to an aromatic ring is 1. The maximum Gasteiger partial charge on any atom is 0.290 e. The van der Waals surface area contributed by atoms with E-state index in [1.807, 2.05) is 0 Å². The van der Waals surface area contributed by atoms with Crippen LogP contribution in [0.2, 0.25) is 0 Å². The minimum absolute atomic E-state index is 0.0649. The Balaban J connectivity index is 2.37. The maximum atomic E-state index is 12.0. The number of hydrogen-bond acceptors (Lipinski definition) is 5. The summed E-state index contributed by atoms with van der Waals surface area (Å²) in [6.07, 6.45) is 1.53. The predicted molar refractivity (Wildman–Crippen MR) is 65.4 cm³/mol. The van der Waals surface area contributed by atoms with Crippen molar-refractivity contribution >= 4 is 28.8 Å². The van der Waals surface area contributed by atoms with E-state index in [9.17, 15) is 9.59 Å². The van der Waals surface area contributed by atoms with Crippen LogP contribution in [-0.4, -0.2) is 21.5 Å². The Kier molecular flexibility index (Phi) is 2.81. The fourth-order valence-electron chi connectivity index (χ4n) is 1.34. The highest BCUT2D eigenvalue weighted by Crippen LogP contribution is 2.18. The zero-order valence-corrected chi connectivity index (χ0v) is 10.2. The molecular formula is C11H11N3O2S. The molecule has 0 aliphatic rings. The van der Waals surface area contributed by atoms with Crippen LogP contribution in [0.1, 0.15) is 32.5 Å². The summed E-state index contributed by atoms with van der Waals surface area (Å²) in [6.45, 7) is 3.24. The molecule has 0 saturated carbocycles. The minimum atomic E-state index is -0.312. The van der Waals surface area contributed by atoms with E-state index in [4.69, 9.17) is 5.73 Å². The van der Waals surface area contributed by atoms with Gasteiger partial charge in [-0.15, -0.1) is 11.3 Å². The third kappa shape index (κ3) is 1.99. The Morgan fingerprint density at radius 2 is 2.18 bits per heavy atom. The zero-order valence-electron chi connectivity index (χ0n) is 9.43. The number of carbonyl (C=O) groups excluding carboxylic acids is 2. The Bertz CT molecular complexity index is 598. The van der Waals surface area contributed by atoms with Gasteiger partial charge in [-0.05, 0) is 19.9 Å². The second-order valence-corrected chi connectivity index (χ2v) is 4.60. The summed E-state index contributed by atoms with van der Waals surface area (Å²) in [5.41, 5.74) is 7.00. The van der Waals surface area contributed by atoms with Crippen molar-refractivity contribution in [3.63, 3.8) is 0 Å². The Morgan fingerprint density at radius 1 is 1.47 bits per heavy atom. The smallest absolute Gasteiger partial charge is 0.290 e. The van der Waals surface area contributed by atoms with Crippen LogP contribution in [0.25, 0.3) is 0 Å². The molecule has 6 heteroatoms. The van der Waals surface area contributed by atoms with Gasteiger partial charge in [0.2, 0.25) is 0 Å². The van der Waals surface area contributed by atoms with Crippen molar-refractivity contribution in [3.8, 4) is 0 Å². The van der Waals surface area contributed by atoms with Crippen LogP contribution >= 0.6 is 11.3 Å². The van der Waals surface area contributed by atoms with E-state index in [-0.39, 0.29) is 11.7 Å². The van der Waals surface area contributed by atoms with Gasteiger partial charge in [-0.1, -0.05) is 0 Å². The second kappa shape index (κ2) is 4.14. The second-order valence-electron chi connectivity index (χ2n) is 3.69. The third-order valence-electron chi connectivity index (χ3n) is 2.41. The van der Waals surface area contributed by atoms with Crippen molar-refractivity contribution in [3.05, 3.63) is 33.6 Å². The lowest BCUT2D eigenvalue weighted by atomic mass is 10.2. The quantitative estimate of drug-likeness (QED) is 0.822. The Labute approximate surface area is 102 Å². The first kappa shape index (κ1) is 11.5. The topological polar surface area (TPSA) is 78.0 Å². The monoisotopic (exact) mass is 249 g/mol. The number of ketones is 1. The van der Waals surface area contributed by atoms with Gasteiger partial charge >= 0.3 is 0 Å². The van der Waals surface area contributed by atoms with Crippen LogP contribution < -0.4 is 5.73 Å². The summed E-state index contributed by atoms with van der Waals surface area (Å²) >= 11 is 1.21. The molecule has 0 aliphatic heterocycles. The molecule has 0 bridgehead atoms. The predicted octanol–water partition coefficient (Wildman–Crippen LogP) is 1.73. The van der Waals surface area contributed by atoms with Gasteiger partial charge in [-0.25, -0.2) is 0 Å². The summed E-state index contributed by atoms with van der Waals surface area (Å²) in [5, 5.41) is 5.56. The van der Waals surface area contributed by atoms with Gasteiger partial charge in [0, 0.05) is 16.5 Å². The standard InChI is InChI=1S/C11H11N3O2S/c1-6-4-13-14(10(6)12)11(16)9-3-8(5-17-9)7(2)15/h3-5H,12H2,1-2H3. The van der Waals surface area contributed by atoms with Gasteiger partial charge in [0.05, 0.1) is 11.1 Å². The van der Waals surface area contributed by atoms with Crippen molar-refractivity contribution in [2.45, 2.75) is 13.8 Å². The average Bonchev–Trinajstić information content (AvgIpc) is 2.87. The third-order valence-corrected chi connectivity index (χ3v) is 3.33. The number of rotatable bonds is 2. The van der Waals surface area contributed by atoms with Crippen LogP contribution in [0.5, 0.6) is 0 Å². The van der Waals surface area contributed by atoms with Crippen LogP contribution in [0, 0.1) is 6.92 Å². The van der Waals surface area contributed by atoms with Gasteiger partial charge in [-0.3, -0.25) is 9.59 Å². The van der Waals surface area contributed by atoms with E-state index in [1.165, 1.54) is 24.5 Å². The van der Waals surface area contributed by atoms with Gasteiger partial charge in [0.25, 0.3) is 5.91 Å². The number of nitrogens with zero attached hydrogens (tertiary/aromatic N) is 2. The van der Waals surface area contributed by atoms with E-state index in [0.29, 0.717) is 16.3 Å². The fraction of sp³-hybridized carbons (Fsp3) is 0.182. The summed E-state index contributed by atoms with van der Waals surface area (Å²) in [7, 11) is 0. The molecule has 2 N–H and O–H groups in total. The first-order valence-corrected chi connectivity index (χ1v) is 5.83. The molecule has 5 nitrogen and oxygen atoms in total. The van der Waals surface area contributed by atoms with Gasteiger partial charge in [-0.2, -0.15) is 9.78 Å². The van der Waals surface area contributed by atoms with E-state index in [0.717, 1.165) is 10.2 Å². The number of nitrogens with two attached hydrogens (primary N) is 1. The highest BCUT2D eigenvalue weighted by molar-refractivity contribution is 7.12. The van der Waals surface area contributed by atoms with Crippen molar-refractivity contribution in [2.24, 2.45) is 0 Å². The SMILES string of the molecule is CC(=O)c1csc(C(=O)n2ncc(C)c2N)c1. The molecule has 0 unspecified atom stereocenters. The number of hydrogen-bond donors (Lipinski definition) is 1. The molecule has 0 amide bonds. The average molecular weight is 249 g/mol. The van der Waals surface area contributed by atoms with Gasteiger partial charge in [0.1, 0.15) is 5.82 Å². The molecule has 0 fully saturated rings. The molecule has 0 radical (unpaired) electrons. The van der Waals surface area contributed by atoms with Gasteiger partial charge < -0.3 is 5.73 Å². The molecule has 0 spiro atoms. The van der Waals surface area contributed by atoms with E-state index in [2.05, 4.69) is 5.10 Å². The number of carbonyl (C=O) groups is 2. The minimum Gasteiger partial charge on any atom is -0.383 e. The van der Waals surface area contributed by atoms with E-state index < -0.39 is 0 Å². The van der Waals surface area contributed by atoms with E-state index >= 15 is 0 Å². The van der Waals surface area contributed by atoms with E-state index in [1.54, 1.807) is 18.4 Å². The molecule has 0 atom stereocenters. The lowest BCUT2D eigenvalue weighted by molar-refractivity contribution is 0.0952. The summed E-state index contributed by atoms with van der Waals surface area (Å²) in [5.74, 6) is -0.0502. The van der Waals surface area contributed by atoms with Crippen molar-refractivity contribution in [1.82, 2.24) is 9.78 Å². The van der Waals surface area contributed by atoms with Crippen LogP contribution in [0.15, 0.2) is 17.6 Å². The Hall–Kier alpha value is -1.95. The van der Waals surface area contributed by atoms with Crippen molar-refractivity contribution in [2.75, 3.05) is 5.73 Å². The summed E-state index contributed by atoms with van der Waals surface area (Å²) < 4.78 is 1.14. The van der Waals surface area contributed by atoms with Crippen LogP contribution in [0.3, 0.4) is 0 Å². The number of aryl methyl sites for hydroxylation is 1. The van der Waals surface area contributed by atoms with Crippen molar-refractivity contribution in [1.29, 1.82) is 0 Å². The lowest BCUT2D eigenvalue weighted by Gasteiger charge is -2.00. The van der Waals surface area contributed by atoms with Crippen molar-refractivity contribution < 1.29 is 9.59 Å². The largest absolute Gasteiger partial charge is 0.383 e. The summed E-state index contributed by atoms with van der Waals surface area (Å²) in [4.78, 5) is 23.6. The molecule has 0 aromatic carbocycles. The summed E-state index contributed by atoms with van der Waals surface area (Å²) in [6, 6.07) is 1.56. The zero-order chi connectivity index (χ0) is 12.6. The Morgan fingerprint density at radius 3 is 2.65 bits per heavy atom. The fourth-order valence-corrected chi connectivity index (χ4v) is 2.21. The molecule has 2 aromatic heterocycles. The highest BCUT2D eigenvalue weighted by atomic mass is 32.1. The maximum absolute atomic E-state index is 12.0. The van der Waals surface area contributed by atoms with Crippen LogP contribution in [0.4, 0.5) is 5.82 Å². The number of Topliss-reactive ketones (excluding diaryl/α,β-unsaturated/α-hetero) is 1. The molecular weight excluding hydrogens is 238 g/mol. The highest BCUT2D eigenvalue weighted by Gasteiger charge is 2.16. The molecule has 2 rings (SSSR count). The van der Waals surface area contributed by atoms with Crippen LogP contribution in [-0.2, 0) is 0 Å². The molecule has 2 heterocycles. The number of aromatic nitrogens is 2. The van der Waals surface area contributed by atoms with Gasteiger partial charge in [0.15, 0.2) is 5.78 Å². The molecule has 2 aromatic rings. The first-order valence-electron chi connectivity index (χ1n) is 4.95. The molecule has 0 aliphatic carbocycles. The molecule has 88 valence electrons. The normalized spacial score (nSPS) is 10.5. The number of thiophene rings is 1. The lowest BCUT2D eigenvalue weighted by Crippen LogP contribution is -2.15. The number of anilines is 1. The first-order chi connectivity index (χ1) is 8.00. The molecule has 0 saturated heterocycles.